The highest BCUT2D eigenvalue weighted by molar-refractivity contribution is 7.98. The number of benzene rings is 1. The predicted octanol–water partition coefficient (Wildman–Crippen LogP) is 1.37. The molecule has 1 aromatic rings. The Labute approximate surface area is 154 Å². The van der Waals surface area contributed by atoms with Crippen LogP contribution in [-0.2, 0) is 16.4 Å². The average molecular weight is 384 g/mol. The Morgan fingerprint density at radius 1 is 1.20 bits per heavy atom. The van der Waals surface area contributed by atoms with Crippen LogP contribution in [0.25, 0.3) is 0 Å². The van der Waals surface area contributed by atoms with Gasteiger partial charge in [-0.2, -0.15) is 0 Å². The van der Waals surface area contributed by atoms with Crippen LogP contribution in [0.15, 0.2) is 29.2 Å². The van der Waals surface area contributed by atoms with Crippen molar-refractivity contribution in [3.05, 3.63) is 29.8 Å². The number of hydrogen-bond acceptors (Lipinski definition) is 5. The largest absolute Gasteiger partial charge is 0.331 e. The highest BCUT2D eigenvalue weighted by Crippen LogP contribution is 2.30. The van der Waals surface area contributed by atoms with E-state index in [1.54, 1.807) is 30.8 Å². The third-order valence-corrected chi connectivity index (χ3v) is 7.52. The van der Waals surface area contributed by atoms with Gasteiger partial charge in [0.1, 0.15) is 0 Å². The molecule has 0 bridgehead atoms. The van der Waals surface area contributed by atoms with E-state index >= 15 is 0 Å². The van der Waals surface area contributed by atoms with Crippen molar-refractivity contribution in [3.63, 3.8) is 0 Å². The molecule has 6 nitrogen and oxygen atoms in total. The summed E-state index contributed by atoms with van der Waals surface area (Å²) in [5, 5.41) is 0. The van der Waals surface area contributed by atoms with Crippen molar-refractivity contribution in [3.8, 4) is 0 Å². The van der Waals surface area contributed by atoms with Crippen molar-refractivity contribution in [1.29, 1.82) is 0 Å². The second-order valence-electron chi connectivity index (χ2n) is 6.86. The van der Waals surface area contributed by atoms with Crippen LogP contribution in [-0.4, -0.2) is 86.2 Å². The van der Waals surface area contributed by atoms with Crippen LogP contribution in [0, 0.1) is 0 Å². The monoisotopic (exact) mass is 383 g/mol. The third-order valence-electron chi connectivity index (χ3n) is 4.99. The quantitative estimate of drug-likeness (QED) is 0.738. The number of urea groups is 1. The standard InChI is InChI=1S/C17H25N3O3S2/c1-18(2)17(21)20-9-8-19(14-11-25(22,23)12-15(14)20)10-13-6-4-5-7-16(13)24-3/h4-7,14-15H,8-12H2,1-3H3/t14-,15+/m0/s1. The van der Waals surface area contributed by atoms with Gasteiger partial charge in [0.2, 0.25) is 0 Å². The summed E-state index contributed by atoms with van der Waals surface area (Å²) in [7, 11) is 0.299. The number of hydrogen-bond donors (Lipinski definition) is 0. The lowest BCUT2D eigenvalue weighted by Crippen LogP contribution is -2.61. The first-order valence-electron chi connectivity index (χ1n) is 8.36. The molecule has 0 spiro atoms. The molecule has 0 N–H and O–H groups in total. The third kappa shape index (κ3) is 3.80. The van der Waals surface area contributed by atoms with Gasteiger partial charge < -0.3 is 9.80 Å². The van der Waals surface area contributed by atoms with Gasteiger partial charge in [-0.1, -0.05) is 18.2 Å². The van der Waals surface area contributed by atoms with E-state index in [9.17, 15) is 13.2 Å². The van der Waals surface area contributed by atoms with E-state index in [4.69, 9.17) is 0 Å². The lowest BCUT2D eigenvalue weighted by atomic mass is 10.0. The summed E-state index contributed by atoms with van der Waals surface area (Å²) >= 11 is 1.70. The summed E-state index contributed by atoms with van der Waals surface area (Å²) in [4.78, 5) is 19.2. The molecular formula is C17H25N3O3S2. The maximum Gasteiger partial charge on any atom is 0.319 e. The maximum absolute atomic E-state index is 12.5. The van der Waals surface area contributed by atoms with E-state index in [0.717, 1.165) is 6.54 Å². The molecule has 1 aromatic carbocycles. The van der Waals surface area contributed by atoms with Crippen LogP contribution in [0.2, 0.25) is 0 Å². The summed E-state index contributed by atoms with van der Waals surface area (Å²) in [6.07, 6.45) is 2.05. The van der Waals surface area contributed by atoms with Crippen molar-refractivity contribution < 1.29 is 13.2 Å². The van der Waals surface area contributed by atoms with Gasteiger partial charge in [-0.25, -0.2) is 13.2 Å². The molecule has 0 radical (unpaired) electrons. The lowest BCUT2D eigenvalue weighted by Gasteiger charge is -2.44. The van der Waals surface area contributed by atoms with Gasteiger partial charge >= 0.3 is 6.03 Å². The minimum atomic E-state index is -3.12. The van der Waals surface area contributed by atoms with E-state index in [0.29, 0.717) is 13.1 Å². The molecule has 0 aliphatic carbocycles. The average Bonchev–Trinajstić information content (AvgIpc) is 2.90. The van der Waals surface area contributed by atoms with Gasteiger partial charge in [-0.3, -0.25) is 4.90 Å². The summed E-state index contributed by atoms with van der Waals surface area (Å²) in [6.45, 7) is 1.98. The van der Waals surface area contributed by atoms with Gasteiger partial charge in [-0.15, -0.1) is 11.8 Å². The fourth-order valence-electron chi connectivity index (χ4n) is 3.77. The van der Waals surface area contributed by atoms with E-state index < -0.39 is 9.84 Å². The predicted molar refractivity (Wildman–Crippen MR) is 101 cm³/mol. The van der Waals surface area contributed by atoms with Crippen LogP contribution < -0.4 is 0 Å². The second-order valence-corrected chi connectivity index (χ2v) is 9.87. The van der Waals surface area contributed by atoms with Crippen LogP contribution in [0.1, 0.15) is 5.56 Å². The molecule has 2 atom stereocenters. The van der Waals surface area contributed by atoms with Crippen LogP contribution in [0.3, 0.4) is 0 Å². The van der Waals surface area contributed by atoms with Crippen LogP contribution in [0.4, 0.5) is 4.79 Å². The zero-order valence-electron chi connectivity index (χ0n) is 14.9. The molecule has 2 fully saturated rings. The summed E-state index contributed by atoms with van der Waals surface area (Å²) < 4.78 is 24.5. The molecule has 0 aromatic heterocycles. The van der Waals surface area contributed by atoms with Crippen molar-refractivity contribution >= 4 is 27.6 Å². The van der Waals surface area contributed by atoms with Crippen molar-refractivity contribution in [2.24, 2.45) is 0 Å². The molecular weight excluding hydrogens is 358 g/mol. The molecule has 2 heterocycles. The van der Waals surface area contributed by atoms with Gasteiger partial charge in [0.15, 0.2) is 9.84 Å². The Morgan fingerprint density at radius 2 is 1.88 bits per heavy atom. The minimum absolute atomic E-state index is 0.0674. The smallest absolute Gasteiger partial charge is 0.319 e. The molecule has 8 heteroatoms. The fraction of sp³-hybridized carbons (Fsp3) is 0.588. The van der Waals surface area contributed by atoms with Gasteiger partial charge in [-0.05, 0) is 17.9 Å². The van der Waals surface area contributed by atoms with E-state index in [1.807, 2.05) is 12.1 Å². The minimum Gasteiger partial charge on any atom is -0.331 e. The fourth-order valence-corrected chi connectivity index (χ4v) is 6.39. The normalized spacial score (nSPS) is 25.6. The zero-order valence-corrected chi connectivity index (χ0v) is 16.5. The van der Waals surface area contributed by atoms with Crippen molar-refractivity contribution in [2.45, 2.75) is 23.5 Å². The van der Waals surface area contributed by atoms with Gasteiger partial charge in [0.25, 0.3) is 0 Å². The topological polar surface area (TPSA) is 60.9 Å². The molecule has 25 heavy (non-hydrogen) atoms. The number of sulfone groups is 1. The van der Waals surface area contributed by atoms with Crippen LogP contribution in [0.5, 0.6) is 0 Å². The van der Waals surface area contributed by atoms with Crippen molar-refractivity contribution in [2.75, 3.05) is 44.9 Å². The molecule has 0 saturated carbocycles. The maximum atomic E-state index is 12.5. The first kappa shape index (κ1) is 18.5. The van der Waals surface area contributed by atoms with E-state index in [2.05, 4.69) is 23.3 Å². The van der Waals surface area contributed by atoms with E-state index in [-0.39, 0.29) is 29.6 Å². The molecule has 3 rings (SSSR count). The summed E-state index contributed by atoms with van der Waals surface area (Å²) in [5.74, 6) is 0.203. The number of rotatable bonds is 3. The Morgan fingerprint density at radius 3 is 2.56 bits per heavy atom. The zero-order chi connectivity index (χ0) is 18.2. The van der Waals surface area contributed by atoms with E-state index in [1.165, 1.54) is 15.4 Å². The number of carbonyl (C=O) groups is 1. The highest BCUT2D eigenvalue weighted by Gasteiger charge is 2.48. The summed E-state index contributed by atoms with van der Waals surface area (Å²) in [6, 6.07) is 7.75. The number of thioether (sulfide) groups is 1. The van der Waals surface area contributed by atoms with Crippen molar-refractivity contribution in [1.82, 2.24) is 14.7 Å². The summed E-state index contributed by atoms with van der Waals surface area (Å²) in [5.41, 5.74) is 1.21. The number of amides is 2. The number of piperazine rings is 1. The molecule has 2 saturated heterocycles. The second kappa shape index (κ2) is 7.17. The molecule has 2 aliphatic rings. The Hall–Kier alpha value is -1.25. The molecule has 2 aliphatic heterocycles. The highest BCUT2D eigenvalue weighted by atomic mass is 32.2. The number of nitrogens with zero attached hydrogens (tertiary/aromatic N) is 3. The number of carbonyl (C=O) groups excluding carboxylic acids is 1. The van der Waals surface area contributed by atoms with Gasteiger partial charge in [0, 0.05) is 44.7 Å². The Kier molecular flexibility index (Phi) is 5.31. The van der Waals surface area contributed by atoms with Crippen LogP contribution >= 0.6 is 11.8 Å². The molecule has 0 unspecified atom stereocenters. The first-order valence-corrected chi connectivity index (χ1v) is 11.4. The molecule has 138 valence electrons. The SMILES string of the molecule is CSc1ccccc1CN1CCN(C(=O)N(C)C)[C@@H]2CS(=O)(=O)C[C@@H]21. The molecule has 2 amide bonds. The Bertz CT molecular complexity index is 751. The first-order chi connectivity index (χ1) is 11.8. The van der Waals surface area contributed by atoms with Gasteiger partial charge in [0.05, 0.1) is 17.5 Å². The number of fused-ring (bicyclic) bond motifs is 1. The Balaban J connectivity index is 1.85. The lowest BCUT2D eigenvalue weighted by molar-refractivity contribution is 0.0516.